The normalized spacial score (nSPS) is 21.4. The number of carboxylic acid groups (broad SMARTS) is 1. The van der Waals surface area contributed by atoms with Crippen LogP contribution >= 0.6 is 46.6 Å². The number of carbonyl (C=O) groups excluding carboxylic acids is 1. The van der Waals surface area contributed by atoms with Crippen molar-refractivity contribution >= 4 is 64.1 Å². The molecule has 3 aromatic rings. The molecule has 0 radical (unpaired) electrons. The summed E-state index contributed by atoms with van der Waals surface area (Å²) in [5.74, 6) is -1.34. The Bertz CT molecular complexity index is 1300. The average molecular weight is 611 g/mol. The first kappa shape index (κ1) is 29.7. The zero-order valence-corrected chi connectivity index (χ0v) is 23.8. The van der Waals surface area contributed by atoms with Crippen molar-refractivity contribution in [2.45, 2.75) is 40.7 Å². The minimum absolute atomic E-state index is 0.0590. The lowest BCUT2D eigenvalue weighted by atomic mass is 9.91. The maximum Gasteiger partial charge on any atom is 0.336 e. The van der Waals surface area contributed by atoms with Crippen LogP contribution in [0.2, 0.25) is 0 Å². The smallest absolute Gasteiger partial charge is 0.336 e. The van der Waals surface area contributed by atoms with Gasteiger partial charge in [0, 0.05) is 27.8 Å². The zero-order chi connectivity index (χ0) is 28.2. The molecule has 1 amide bonds. The number of thioether (sulfide) groups is 1. The molecule has 1 saturated heterocycles. The highest BCUT2D eigenvalue weighted by molar-refractivity contribution is 7.99. The molecule has 206 valence electrons. The summed E-state index contributed by atoms with van der Waals surface area (Å²) in [5.41, 5.74) is 3.11. The van der Waals surface area contributed by atoms with Gasteiger partial charge < -0.3 is 25.0 Å². The third kappa shape index (κ3) is 7.46. The molecule has 11 heteroatoms. The Labute approximate surface area is 245 Å². The van der Waals surface area contributed by atoms with E-state index in [0.717, 1.165) is 11.1 Å². The number of aliphatic hydroxyl groups excluding tert-OH is 1. The summed E-state index contributed by atoms with van der Waals surface area (Å²) in [4.78, 5) is 24.3. The van der Waals surface area contributed by atoms with Crippen LogP contribution in [0, 0.1) is 5.92 Å². The predicted octanol–water partition coefficient (Wildman–Crippen LogP) is 6.77. The summed E-state index contributed by atoms with van der Waals surface area (Å²) in [6, 6.07) is 21.2. The molecular weight excluding hydrogens is 585 g/mol. The Morgan fingerprint density at radius 3 is 2.21 bits per heavy atom. The molecule has 1 aliphatic heterocycles. The van der Waals surface area contributed by atoms with Crippen LogP contribution in [0.1, 0.15) is 46.4 Å². The standard InChI is InChI=1S/C28H26Cl3NO6S/c1-16-22(15-39-23-5-3-2-4-21(23)25(34)35)37-26(38-24(16)18-8-6-17(14-33)7-9-18)19-10-12-20(13-11-19)32-27(36)28(29,30)31/h2-13,16,22,24,26,33H,14-15H2,1H3,(H,32,36)(H,34,35)/t16-,22+,24+,26+/m1/s1. The lowest BCUT2D eigenvalue weighted by Crippen LogP contribution is -2.38. The van der Waals surface area contributed by atoms with Gasteiger partial charge in [-0.3, -0.25) is 4.79 Å². The molecule has 3 aromatic carbocycles. The van der Waals surface area contributed by atoms with E-state index >= 15 is 0 Å². The van der Waals surface area contributed by atoms with Crippen molar-refractivity contribution in [1.29, 1.82) is 0 Å². The number of benzene rings is 3. The fraction of sp³-hybridized carbons (Fsp3) is 0.286. The Morgan fingerprint density at radius 2 is 1.59 bits per heavy atom. The van der Waals surface area contributed by atoms with Gasteiger partial charge in [0.25, 0.3) is 9.70 Å². The molecule has 1 aliphatic rings. The third-order valence-corrected chi connectivity index (χ3v) is 8.02. The minimum Gasteiger partial charge on any atom is -0.478 e. The number of amides is 1. The maximum atomic E-state index is 12.0. The highest BCUT2D eigenvalue weighted by Gasteiger charge is 2.38. The number of carboxylic acids is 1. The Morgan fingerprint density at radius 1 is 0.949 bits per heavy atom. The lowest BCUT2D eigenvalue weighted by molar-refractivity contribution is -0.268. The van der Waals surface area contributed by atoms with E-state index in [1.807, 2.05) is 31.2 Å². The number of hydrogen-bond donors (Lipinski definition) is 3. The van der Waals surface area contributed by atoms with Crippen molar-refractivity contribution in [3.63, 3.8) is 0 Å². The van der Waals surface area contributed by atoms with Gasteiger partial charge in [0.05, 0.1) is 24.4 Å². The maximum absolute atomic E-state index is 12.0. The summed E-state index contributed by atoms with van der Waals surface area (Å²) in [6.07, 6.45) is -1.36. The van der Waals surface area contributed by atoms with Crippen LogP contribution in [0.5, 0.6) is 0 Å². The first-order valence-corrected chi connectivity index (χ1v) is 14.1. The van der Waals surface area contributed by atoms with E-state index in [-0.39, 0.29) is 30.3 Å². The molecule has 0 bridgehead atoms. The number of aliphatic hydroxyl groups is 1. The minimum atomic E-state index is -2.09. The SMILES string of the molecule is C[C@@H]1[C@H](CSc2ccccc2C(=O)O)O[C@H](c2ccc(NC(=O)C(Cl)(Cl)Cl)cc2)O[C@@H]1c1ccc(CO)cc1. The predicted molar refractivity (Wildman–Crippen MR) is 152 cm³/mol. The van der Waals surface area contributed by atoms with E-state index in [4.69, 9.17) is 44.3 Å². The van der Waals surface area contributed by atoms with Crippen molar-refractivity contribution in [2.75, 3.05) is 11.1 Å². The second kappa shape index (κ2) is 12.9. The van der Waals surface area contributed by atoms with Gasteiger partial charge in [-0.1, -0.05) is 90.3 Å². The molecular formula is C28H26Cl3NO6S. The van der Waals surface area contributed by atoms with E-state index < -0.39 is 22.0 Å². The number of aromatic carboxylic acids is 1. The van der Waals surface area contributed by atoms with E-state index in [9.17, 15) is 19.8 Å². The van der Waals surface area contributed by atoms with Crippen molar-refractivity contribution in [2.24, 2.45) is 5.92 Å². The number of hydrogen-bond acceptors (Lipinski definition) is 6. The molecule has 0 aromatic heterocycles. The van der Waals surface area contributed by atoms with Gasteiger partial charge in [-0.05, 0) is 35.4 Å². The fourth-order valence-electron chi connectivity index (χ4n) is 4.18. The molecule has 3 N–H and O–H groups in total. The van der Waals surface area contributed by atoms with Crippen LogP contribution in [0.25, 0.3) is 0 Å². The molecule has 0 aliphatic carbocycles. The molecule has 4 rings (SSSR count). The number of anilines is 1. The Balaban J connectivity index is 1.58. The Kier molecular flexibility index (Phi) is 9.82. The van der Waals surface area contributed by atoms with Gasteiger partial charge in [-0.25, -0.2) is 4.79 Å². The third-order valence-electron chi connectivity index (χ3n) is 6.34. The summed E-state index contributed by atoms with van der Waals surface area (Å²) in [5, 5.41) is 21.5. The summed E-state index contributed by atoms with van der Waals surface area (Å²) >= 11 is 18.3. The molecule has 0 saturated carbocycles. The van der Waals surface area contributed by atoms with Crippen LogP contribution in [-0.2, 0) is 20.9 Å². The average Bonchev–Trinajstić information content (AvgIpc) is 2.92. The lowest BCUT2D eigenvalue weighted by Gasteiger charge is -2.41. The van der Waals surface area contributed by atoms with Gasteiger partial charge >= 0.3 is 5.97 Å². The van der Waals surface area contributed by atoms with Gasteiger partial charge in [-0.15, -0.1) is 11.8 Å². The van der Waals surface area contributed by atoms with Gasteiger partial charge in [0.2, 0.25) is 0 Å². The van der Waals surface area contributed by atoms with Gasteiger partial charge in [-0.2, -0.15) is 0 Å². The second-order valence-corrected chi connectivity index (χ2v) is 12.4. The number of halogens is 3. The van der Waals surface area contributed by atoms with Crippen LogP contribution in [0.4, 0.5) is 5.69 Å². The molecule has 1 fully saturated rings. The summed E-state index contributed by atoms with van der Waals surface area (Å²) in [7, 11) is 0. The van der Waals surface area contributed by atoms with Gasteiger partial charge in [0.15, 0.2) is 6.29 Å². The number of carbonyl (C=O) groups is 2. The summed E-state index contributed by atoms with van der Waals surface area (Å²) < 4.78 is 10.7. The quantitative estimate of drug-likeness (QED) is 0.191. The van der Waals surface area contributed by atoms with Crippen LogP contribution in [0.15, 0.2) is 77.7 Å². The van der Waals surface area contributed by atoms with Crippen molar-refractivity contribution in [3.05, 3.63) is 95.1 Å². The topological polar surface area (TPSA) is 105 Å². The number of rotatable bonds is 8. The zero-order valence-electron chi connectivity index (χ0n) is 20.7. The molecule has 4 atom stereocenters. The van der Waals surface area contributed by atoms with Crippen molar-refractivity contribution in [3.8, 4) is 0 Å². The number of nitrogens with one attached hydrogen (secondary N) is 1. The first-order valence-electron chi connectivity index (χ1n) is 12.0. The van der Waals surface area contributed by atoms with E-state index in [2.05, 4.69) is 5.32 Å². The van der Waals surface area contributed by atoms with Crippen LogP contribution < -0.4 is 5.32 Å². The van der Waals surface area contributed by atoms with E-state index in [1.165, 1.54) is 11.8 Å². The van der Waals surface area contributed by atoms with Gasteiger partial charge in [0.1, 0.15) is 0 Å². The van der Waals surface area contributed by atoms with Crippen LogP contribution in [0.3, 0.4) is 0 Å². The number of alkyl halides is 3. The van der Waals surface area contributed by atoms with Crippen LogP contribution in [-0.4, -0.2) is 37.7 Å². The van der Waals surface area contributed by atoms with E-state index in [1.54, 1.807) is 48.5 Å². The number of ether oxygens (including phenoxy) is 2. The molecule has 7 nitrogen and oxygen atoms in total. The summed E-state index contributed by atoms with van der Waals surface area (Å²) in [6.45, 7) is 1.97. The fourth-order valence-corrected chi connectivity index (χ4v) is 5.53. The largest absolute Gasteiger partial charge is 0.478 e. The molecule has 0 unspecified atom stereocenters. The van der Waals surface area contributed by atoms with Crippen molar-refractivity contribution in [1.82, 2.24) is 0 Å². The Hall–Kier alpha value is -2.30. The van der Waals surface area contributed by atoms with Crippen molar-refractivity contribution < 1.29 is 29.3 Å². The highest BCUT2D eigenvalue weighted by atomic mass is 35.6. The molecule has 39 heavy (non-hydrogen) atoms. The highest BCUT2D eigenvalue weighted by Crippen LogP contribution is 2.43. The second-order valence-electron chi connectivity index (χ2n) is 9.01. The molecule has 0 spiro atoms. The van der Waals surface area contributed by atoms with E-state index in [0.29, 0.717) is 21.9 Å². The monoisotopic (exact) mass is 609 g/mol. The first-order chi connectivity index (χ1) is 18.6. The molecule has 1 heterocycles.